The van der Waals surface area contributed by atoms with Crippen molar-refractivity contribution >= 4 is 23.2 Å². The number of morpholine rings is 1. The first kappa shape index (κ1) is 13.3. The Kier molecular flexibility index (Phi) is 4.58. The second-order valence-corrected chi connectivity index (χ2v) is 4.87. The van der Waals surface area contributed by atoms with E-state index in [1.807, 2.05) is 19.1 Å². The van der Waals surface area contributed by atoms with Gasteiger partial charge in [-0.05, 0) is 24.6 Å². The molecule has 4 nitrogen and oxygen atoms in total. The number of hydrogen-bond donors (Lipinski definition) is 2. The van der Waals surface area contributed by atoms with E-state index in [-0.39, 0.29) is 11.9 Å². The molecule has 98 valence electrons. The van der Waals surface area contributed by atoms with Crippen molar-refractivity contribution in [3.63, 3.8) is 0 Å². The van der Waals surface area contributed by atoms with Gasteiger partial charge < -0.3 is 15.4 Å². The first-order valence-electron chi connectivity index (χ1n) is 6.02. The molecule has 1 aliphatic heterocycles. The molecule has 0 aliphatic carbocycles. The number of halogens is 1. The molecule has 0 aromatic heterocycles. The van der Waals surface area contributed by atoms with E-state index < -0.39 is 0 Å². The van der Waals surface area contributed by atoms with Crippen LogP contribution in [0.15, 0.2) is 18.2 Å². The zero-order valence-corrected chi connectivity index (χ0v) is 11.1. The van der Waals surface area contributed by atoms with Crippen LogP contribution in [0.5, 0.6) is 0 Å². The fourth-order valence-electron chi connectivity index (χ4n) is 1.91. The van der Waals surface area contributed by atoms with Crippen LogP contribution in [0.2, 0.25) is 5.02 Å². The third kappa shape index (κ3) is 3.70. The normalized spacial score (nSPS) is 19.6. The van der Waals surface area contributed by atoms with E-state index in [1.54, 1.807) is 6.07 Å². The summed E-state index contributed by atoms with van der Waals surface area (Å²) >= 11 is 6.03. The largest absolute Gasteiger partial charge is 0.378 e. The fraction of sp³-hybridized carbons (Fsp3) is 0.462. The maximum Gasteiger partial charge on any atom is 0.226 e. The molecule has 0 radical (unpaired) electrons. The van der Waals surface area contributed by atoms with Gasteiger partial charge in [0.1, 0.15) is 0 Å². The highest BCUT2D eigenvalue weighted by molar-refractivity contribution is 6.33. The molecule has 2 rings (SSSR count). The first-order chi connectivity index (χ1) is 8.65. The van der Waals surface area contributed by atoms with Gasteiger partial charge >= 0.3 is 0 Å². The third-order valence-corrected chi connectivity index (χ3v) is 3.16. The van der Waals surface area contributed by atoms with Gasteiger partial charge in [0, 0.05) is 19.0 Å². The van der Waals surface area contributed by atoms with Gasteiger partial charge in [-0.15, -0.1) is 0 Å². The van der Waals surface area contributed by atoms with Crippen LogP contribution in [-0.2, 0) is 9.53 Å². The van der Waals surface area contributed by atoms with Gasteiger partial charge in [-0.3, -0.25) is 4.79 Å². The minimum absolute atomic E-state index is 0.0505. The Labute approximate surface area is 112 Å². The second kappa shape index (κ2) is 6.18. The molecular weight excluding hydrogens is 252 g/mol. The van der Waals surface area contributed by atoms with Crippen molar-refractivity contribution in [3.05, 3.63) is 28.8 Å². The molecule has 1 amide bonds. The van der Waals surface area contributed by atoms with Crippen LogP contribution in [-0.4, -0.2) is 31.7 Å². The Morgan fingerprint density at radius 3 is 3.17 bits per heavy atom. The Morgan fingerprint density at radius 1 is 1.61 bits per heavy atom. The topological polar surface area (TPSA) is 50.4 Å². The lowest BCUT2D eigenvalue weighted by atomic mass is 10.1. The molecule has 2 N–H and O–H groups in total. The Bertz CT molecular complexity index is 431. The van der Waals surface area contributed by atoms with Gasteiger partial charge in [-0.25, -0.2) is 0 Å². The maximum atomic E-state index is 11.9. The minimum Gasteiger partial charge on any atom is -0.378 e. The molecular formula is C13H17ClN2O2. The average molecular weight is 269 g/mol. The molecule has 1 atom stereocenters. The molecule has 0 spiro atoms. The third-order valence-electron chi connectivity index (χ3n) is 2.83. The summed E-state index contributed by atoms with van der Waals surface area (Å²) in [6.07, 6.45) is 0.393. The van der Waals surface area contributed by atoms with Gasteiger partial charge in [0.2, 0.25) is 5.91 Å². The van der Waals surface area contributed by atoms with Crippen molar-refractivity contribution in [1.82, 2.24) is 5.32 Å². The SMILES string of the molecule is Cc1ccc(Cl)c(NC(=O)CC2COCCN2)c1. The number of anilines is 1. The molecule has 1 unspecified atom stereocenters. The van der Waals surface area contributed by atoms with Crippen LogP contribution in [0.1, 0.15) is 12.0 Å². The van der Waals surface area contributed by atoms with Crippen molar-refractivity contribution in [1.29, 1.82) is 0 Å². The monoisotopic (exact) mass is 268 g/mol. The molecule has 1 aromatic rings. The summed E-state index contributed by atoms with van der Waals surface area (Å²) in [6.45, 7) is 4.04. The number of rotatable bonds is 3. The predicted molar refractivity (Wildman–Crippen MR) is 72.0 cm³/mol. The molecule has 1 aromatic carbocycles. The van der Waals surface area contributed by atoms with Crippen LogP contribution >= 0.6 is 11.6 Å². The Morgan fingerprint density at radius 2 is 2.44 bits per heavy atom. The second-order valence-electron chi connectivity index (χ2n) is 4.46. The van der Waals surface area contributed by atoms with Crippen molar-refractivity contribution in [2.24, 2.45) is 0 Å². The molecule has 18 heavy (non-hydrogen) atoms. The molecule has 0 saturated carbocycles. The fourth-order valence-corrected chi connectivity index (χ4v) is 2.08. The highest BCUT2D eigenvalue weighted by Gasteiger charge is 2.17. The van der Waals surface area contributed by atoms with E-state index in [1.165, 1.54) is 0 Å². The smallest absolute Gasteiger partial charge is 0.226 e. The van der Waals surface area contributed by atoms with Crippen LogP contribution in [0.25, 0.3) is 0 Å². The number of amides is 1. The highest BCUT2D eigenvalue weighted by atomic mass is 35.5. The number of nitrogens with one attached hydrogen (secondary N) is 2. The lowest BCUT2D eigenvalue weighted by molar-refractivity contribution is -0.117. The molecule has 1 fully saturated rings. The first-order valence-corrected chi connectivity index (χ1v) is 6.40. The standard InChI is InChI=1S/C13H17ClN2O2/c1-9-2-3-11(14)12(6-9)16-13(17)7-10-8-18-5-4-15-10/h2-3,6,10,15H,4-5,7-8H2,1H3,(H,16,17). The maximum absolute atomic E-state index is 11.9. The molecule has 0 bridgehead atoms. The quantitative estimate of drug-likeness (QED) is 0.881. The summed E-state index contributed by atoms with van der Waals surface area (Å²) < 4.78 is 5.31. The number of carbonyl (C=O) groups excluding carboxylic acids is 1. The summed E-state index contributed by atoms with van der Waals surface area (Å²) in [7, 11) is 0. The predicted octanol–water partition coefficient (Wildman–Crippen LogP) is 1.97. The van der Waals surface area contributed by atoms with Gasteiger partial charge in [0.25, 0.3) is 0 Å². The number of ether oxygens (including phenoxy) is 1. The molecule has 1 heterocycles. The number of hydrogen-bond acceptors (Lipinski definition) is 3. The summed E-state index contributed by atoms with van der Waals surface area (Å²) in [6, 6.07) is 5.65. The Balaban J connectivity index is 1.92. The number of carbonyl (C=O) groups is 1. The van der Waals surface area contributed by atoms with Gasteiger partial charge in [0.15, 0.2) is 0 Å². The van der Waals surface area contributed by atoms with Crippen molar-refractivity contribution < 1.29 is 9.53 Å². The minimum atomic E-state index is -0.0505. The molecule has 1 saturated heterocycles. The molecule has 1 aliphatic rings. The van der Waals surface area contributed by atoms with Gasteiger partial charge in [0.05, 0.1) is 23.9 Å². The summed E-state index contributed by atoms with van der Waals surface area (Å²) in [5.41, 5.74) is 1.73. The van der Waals surface area contributed by atoms with Gasteiger partial charge in [-0.2, -0.15) is 0 Å². The van der Waals surface area contributed by atoms with Crippen LogP contribution in [0.4, 0.5) is 5.69 Å². The van der Waals surface area contributed by atoms with E-state index in [9.17, 15) is 4.79 Å². The number of benzene rings is 1. The van der Waals surface area contributed by atoms with Crippen molar-refractivity contribution in [2.75, 3.05) is 25.1 Å². The van der Waals surface area contributed by atoms with Crippen LogP contribution in [0, 0.1) is 6.92 Å². The zero-order chi connectivity index (χ0) is 13.0. The van der Waals surface area contributed by atoms with Crippen LogP contribution in [0.3, 0.4) is 0 Å². The van der Waals surface area contributed by atoms with E-state index >= 15 is 0 Å². The summed E-state index contributed by atoms with van der Waals surface area (Å²) in [5.74, 6) is -0.0505. The highest BCUT2D eigenvalue weighted by Crippen LogP contribution is 2.22. The van der Waals surface area contributed by atoms with Gasteiger partial charge in [-0.1, -0.05) is 17.7 Å². The number of aryl methyl sites for hydroxylation is 1. The zero-order valence-electron chi connectivity index (χ0n) is 10.3. The lowest BCUT2D eigenvalue weighted by Crippen LogP contribution is -2.43. The van der Waals surface area contributed by atoms with Crippen molar-refractivity contribution in [3.8, 4) is 0 Å². The van der Waals surface area contributed by atoms with E-state index in [0.29, 0.717) is 30.3 Å². The van der Waals surface area contributed by atoms with Crippen molar-refractivity contribution in [2.45, 2.75) is 19.4 Å². The molecule has 5 heteroatoms. The average Bonchev–Trinajstić information content (AvgIpc) is 2.35. The summed E-state index contributed by atoms with van der Waals surface area (Å²) in [4.78, 5) is 11.9. The van der Waals surface area contributed by atoms with E-state index in [4.69, 9.17) is 16.3 Å². The Hall–Kier alpha value is -1.10. The van der Waals surface area contributed by atoms with Crippen LogP contribution < -0.4 is 10.6 Å². The summed E-state index contributed by atoms with van der Waals surface area (Å²) in [5, 5.41) is 6.63. The van der Waals surface area contributed by atoms with E-state index in [0.717, 1.165) is 12.1 Å². The van der Waals surface area contributed by atoms with E-state index in [2.05, 4.69) is 10.6 Å². The lowest BCUT2D eigenvalue weighted by Gasteiger charge is -2.23.